The van der Waals surface area contributed by atoms with Gasteiger partial charge in [0.1, 0.15) is 0 Å². The van der Waals surface area contributed by atoms with Gasteiger partial charge in [-0.2, -0.15) is 0 Å². The fourth-order valence-electron chi connectivity index (χ4n) is 17.8. The van der Waals surface area contributed by atoms with Gasteiger partial charge in [0.05, 0.1) is 55.5 Å². The van der Waals surface area contributed by atoms with Crippen molar-refractivity contribution in [2.24, 2.45) is 0 Å². The van der Waals surface area contributed by atoms with Crippen molar-refractivity contribution in [2.45, 2.75) is 0 Å². The third kappa shape index (κ3) is 13.1. The normalized spacial score (nSPS) is 11.5. The summed E-state index contributed by atoms with van der Waals surface area (Å²) < 4.78 is 9.46. The van der Waals surface area contributed by atoms with Crippen molar-refractivity contribution in [1.82, 2.24) is 58.1 Å². The van der Waals surface area contributed by atoms with Gasteiger partial charge in [0.15, 0.2) is 34.9 Å². The van der Waals surface area contributed by atoms with Crippen molar-refractivity contribution in [1.29, 1.82) is 0 Å². The number of nitrogens with zero attached hydrogens (tertiary/aromatic N) is 12. The maximum absolute atomic E-state index is 4.98. The maximum Gasteiger partial charge on any atom is 0.164 e. The smallest absolute Gasteiger partial charge is 0.164 e. The molecule has 12 nitrogen and oxygen atoms in total. The standard InChI is InChI=1S/2C56H36N6/c1-4-14-38(15-5-1)54-58-55(39-16-6-2-7-17-39)60-56(59-54)42-32-33-57-49(35-42)41-26-30-47-45-20-10-12-22-50(45)62(53(47)36-41)44-28-24-37(25-29-44)40-27-31-52-48(34-40)46-21-11-13-23-51(46)61(52)43-18-8-3-9-19-43;1-4-14-38(15-5-1)54-58-55(39-16-6-2-7-17-39)60-56(59-54)42-32-33-57-49(34-42)41-27-31-48-46-21-11-13-23-51(46)62(53(48)36-41)44-28-24-37(25-29-44)40-26-30-47-45-20-10-12-22-50(45)61(52(47)35-40)43-18-8-3-9-19-43/h2*1-36H. The Balaban J connectivity index is 0.000000143. The van der Waals surface area contributed by atoms with E-state index in [0.29, 0.717) is 34.9 Å². The molecule has 0 unspecified atom stereocenters. The molecule has 0 aliphatic carbocycles. The Hall–Kier alpha value is -17.0. The van der Waals surface area contributed by atoms with Gasteiger partial charge >= 0.3 is 0 Å². The van der Waals surface area contributed by atoms with Crippen molar-refractivity contribution >= 4 is 87.2 Å². The van der Waals surface area contributed by atoms with E-state index in [4.69, 9.17) is 39.9 Å². The highest BCUT2D eigenvalue weighted by atomic mass is 15.1. The summed E-state index contributed by atoms with van der Waals surface area (Å²) in [6.07, 6.45) is 3.68. The summed E-state index contributed by atoms with van der Waals surface area (Å²) in [4.78, 5) is 39.5. The van der Waals surface area contributed by atoms with Crippen molar-refractivity contribution < 1.29 is 0 Å². The zero-order chi connectivity index (χ0) is 82.0. The molecule has 12 heteroatoms. The number of hydrogen-bond acceptors (Lipinski definition) is 8. The first-order valence-corrected chi connectivity index (χ1v) is 41.6. The van der Waals surface area contributed by atoms with Crippen molar-refractivity contribution in [3.63, 3.8) is 0 Å². The first kappa shape index (κ1) is 72.3. The molecule has 0 bridgehead atoms. The number of para-hydroxylation sites is 6. The van der Waals surface area contributed by atoms with Crippen LogP contribution in [0.25, 0.3) is 223 Å². The van der Waals surface area contributed by atoms with Crippen molar-refractivity contribution in [3.05, 3.63) is 437 Å². The molecule has 24 aromatic rings. The molecule has 8 aromatic heterocycles. The minimum atomic E-state index is 0.595. The second-order valence-electron chi connectivity index (χ2n) is 31.0. The van der Waals surface area contributed by atoms with Crippen LogP contribution in [0.15, 0.2) is 437 Å². The number of pyridine rings is 2. The maximum atomic E-state index is 4.98. The second-order valence-corrected chi connectivity index (χ2v) is 31.0. The van der Waals surface area contributed by atoms with Gasteiger partial charge in [-0.3, -0.25) is 9.97 Å². The summed E-state index contributed by atoms with van der Waals surface area (Å²) >= 11 is 0. The fraction of sp³-hybridized carbons (Fsp3) is 0. The molecule has 580 valence electrons. The summed E-state index contributed by atoms with van der Waals surface area (Å²) in [6.45, 7) is 0. The van der Waals surface area contributed by atoms with Gasteiger partial charge in [0.2, 0.25) is 0 Å². The van der Waals surface area contributed by atoms with Crippen LogP contribution in [0.3, 0.4) is 0 Å². The summed E-state index contributed by atoms with van der Waals surface area (Å²) in [5, 5.41) is 9.74. The Morgan fingerprint density at radius 2 is 0.379 bits per heavy atom. The molecule has 124 heavy (non-hydrogen) atoms. The van der Waals surface area contributed by atoms with Gasteiger partial charge in [-0.25, -0.2) is 29.9 Å². The summed E-state index contributed by atoms with van der Waals surface area (Å²) in [5.74, 6) is 3.69. The summed E-state index contributed by atoms with van der Waals surface area (Å²) in [6, 6.07) is 149. The van der Waals surface area contributed by atoms with Gasteiger partial charge in [-0.15, -0.1) is 0 Å². The molecule has 0 atom stereocenters. The molecule has 0 radical (unpaired) electrons. The molecule has 0 saturated carbocycles. The van der Waals surface area contributed by atoms with Crippen molar-refractivity contribution in [2.75, 3.05) is 0 Å². The van der Waals surface area contributed by atoms with E-state index in [1.54, 1.807) is 0 Å². The van der Waals surface area contributed by atoms with E-state index in [0.717, 1.165) is 106 Å². The van der Waals surface area contributed by atoms with E-state index in [9.17, 15) is 0 Å². The van der Waals surface area contributed by atoms with Crippen LogP contribution >= 0.6 is 0 Å². The molecule has 0 saturated heterocycles. The first-order valence-electron chi connectivity index (χ1n) is 41.6. The van der Waals surface area contributed by atoms with Crippen LogP contribution < -0.4 is 0 Å². The van der Waals surface area contributed by atoms with E-state index >= 15 is 0 Å². The molecular formula is C112H72N12. The van der Waals surface area contributed by atoms with Crippen LogP contribution in [0.5, 0.6) is 0 Å². The Bertz CT molecular complexity index is 8070. The van der Waals surface area contributed by atoms with Gasteiger partial charge in [-0.1, -0.05) is 297 Å². The largest absolute Gasteiger partial charge is 0.309 e. The van der Waals surface area contributed by atoms with Gasteiger partial charge in [-0.05, 0) is 150 Å². The molecule has 0 spiro atoms. The first-order chi connectivity index (χ1) is 61.5. The molecule has 16 aromatic carbocycles. The Kier molecular flexibility index (Phi) is 17.9. The Morgan fingerprint density at radius 3 is 0.734 bits per heavy atom. The molecule has 8 heterocycles. The van der Waals surface area contributed by atoms with Gasteiger partial charge in [0.25, 0.3) is 0 Å². The predicted molar refractivity (Wildman–Crippen MR) is 507 cm³/mol. The molecule has 0 fully saturated rings. The van der Waals surface area contributed by atoms with Crippen LogP contribution in [0.2, 0.25) is 0 Å². The summed E-state index contributed by atoms with van der Waals surface area (Å²) in [5.41, 5.74) is 27.6. The van der Waals surface area contributed by atoms with Gasteiger partial charge in [0, 0.05) is 123 Å². The van der Waals surface area contributed by atoms with Crippen LogP contribution in [-0.2, 0) is 0 Å². The highest BCUT2D eigenvalue weighted by molar-refractivity contribution is 6.14. The molecule has 0 aliphatic rings. The molecular weight excluding hydrogens is 1510 g/mol. The minimum Gasteiger partial charge on any atom is -0.309 e. The lowest BCUT2D eigenvalue weighted by molar-refractivity contribution is 1.07. The van der Waals surface area contributed by atoms with E-state index in [2.05, 4.69) is 309 Å². The Morgan fingerprint density at radius 1 is 0.137 bits per heavy atom. The number of fused-ring (bicyclic) bond motifs is 12. The predicted octanol–water partition coefficient (Wildman–Crippen LogP) is 27.6. The van der Waals surface area contributed by atoms with Crippen molar-refractivity contribution in [3.8, 4) is 136 Å². The average Bonchev–Trinajstić information content (AvgIpc) is 1.61. The van der Waals surface area contributed by atoms with E-state index < -0.39 is 0 Å². The number of rotatable bonds is 14. The third-order valence-corrected chi connectivity index (χ3v) is 23.7. The quantitative estimate of drug-likeness (QED) is 0.105. The Labute approximate surface area is 713 Å². The number of aromatic nitrogens is 12. The van der Waals surface area contributed by atoms with Crippen LogP contribution in [-0.4, -0.2) is 58.1 Å². The topological polar surface area (TPSA) is 123 Å². The van der Waals surface area contributed by atoms with Gasteiger partial charge < -0.3 is 18.3 Å². The average molecular weight is 1590 g/mol. The molecule has 0 N–H and O–H groups in total. The SMILES string of the molecule is c1ccc(-c2nc(-c3ccccc3)nc(-c3ccnc(-c4ccc5c6ccccc6n(-c6ccc(-c7ccc8c(c7)c7ccccc7n8-c7ccccc7)cc6)c5c4)c3)n2)cc1.c1ccc(-c2nc(-c3ccccc3)nc(-c3ccnc(-c4ccc5c6ccccc6n(-c6ccc(-c7ccc8c9ccccc9n(-c9ccccc9)c8c7)cc6)c5c4)c3)n2)cc1. The zero-order valence-corrected chi connectivity index (χ0v) is 66.9. The monoisotopic (exact) mass is 1580 g/mol. The van der Waals surface area contributed by atoms with E-state index in [1.165, 1.54) is 81.8 Å². The molecule has 0 amide bonds. The molecule has 24 rings (SSSR count). The van der Waals surface area contributed by atoms with E-state index in [1.807, 2.05) is 146 Å². The fourth-order valence-corrected chi connectivity index (χ4v) is 17.8. The van der Waals surface area contributed by atoms with Crippen LogP contribution in [0, 0.1) is 0 Å². The van der Waals surface area contributed by atoms with Crippen LogP contribution in [0.4, 0.5) is 0 Å². The highest BCUT2D eigenvalue weighted by Crippen LogP contribution is 2.43. The summed E-state index contributed by atoms with van der Waals surface area (Å²) in [7, 11) is 0. The molecule has 0 aliphatic heterocycles. The second kappa shape index (κ2) is 30.8. The highest BCUT2D eigenvalue weighted by Gasteiger charge is 2.23. The number of hydrogen-bond donors (Lipinski definition) is 0. The lowest BCUT2D eigenvalue weighted by atomic mass is 10.0. The lowest BCUT2D eigenvalue weighted by Gasteiger charge is -2.12. The third-order valence-electron chi connectivity index (χ3n) is 23.7. The zero-order valence-electron chi connectivity index (χ0n) is 66.9. The minimum absolute atomic E-state index is 0.595. The lowest BCUT2D eigenvalue weighted by Crippen LogP contribution is -2.00. The van der Waals surface area contributed by atoms with E-state index in [-0.39, 0.29) is 0 Å². The van der Waals surface area contributed by atoms with Crippen LogP contribution in [0.1, 0.15) is 0 Å². The number of benzene rings is 16.